The SMILES string of the molecule is CC1(C(=O)Nc2nc3c(s2)CN(Cc2ccccc2)CC3)Cc2ccccc2C(=O)O1. The fourth-order valence-electron chi connectivity index (χ4n) is 4.17. The fourth-order valence-corrected chi connectivity index (χ4v) is 5.21. The van der Waals surface area contributed by atoms with Gasteiger partial charge in [-0.1, -0.05) is 48.5 Å². The van der Waals surface area contributed by atoms with Crippen molar-refractivity contribution in [3.8, 4) is 0 Å². The number of anilines is 1. The van der Waals surface area contributed by atoms with Gasteiger partial charge in [0.1, 0.15) is 0 Å². The molecule has 2 aliphatic rings. The summed E-state index contributed by atoms with van der Waals surface area (Å²) in [4.78, 5) is 33.6. The van der Waals surface area contributed by atoms with Crippen molar-refractivity contribution < 1.29 is 14.3 Å². The lowest BCUT2D eigenvalue weighted by Crippen LogP contribution is -2.48. The molecule has 2 aliphatic heterocycles. The summed E-state index contributed by atoms with van der Waals surface area (Å²) in [5.41, 5.74) is 2.43. The molecule has 1 unspecified atom stereocenters. The van der Waals surface area contributed by atoms with Crippen LogP contribution in [0, 0.1) is 0 Å². The number of ether oxygens (including phenoxy) is 1. The first kappa shape index (κ1) is 19.9. The third-order valence-electron chi connectivity index (χ3n) is 5.84. The molecule has 3 aromatic rings. The molecule has 0 spiro atoms. The lowest BCUT2D eigenvalue weighted by molar-refractivity contribution is -0.134. The normalized spacial score (nSPS) is 20.5. The van der Waals surface area contributed by atoms with Crippen molar-refractivity contribution in [2.45, 2.75) is 38.5 Å². The molecule has 1 aromatic heterocycles. The molecule has 5 rings (SSSR count). The van der Waals surface area contributed by atoms with Crippen LogP contribution in [-0.4, -0.2) is 33.9 Å². The summed E-state index contributed by atoms with van der Waals surface area (Å²) < 4.78 is 5.54. The van der Waals surface area contributed by atoms with Gasteiger partial charge in [0.2, 0.25) is 0 Å². The van der Waals surface area contributed by atoms with Gasteiger partial charge in [0.25, 0.3) is 5.91 Å². The molecule has 0 bridgehead atoms. The number of rotatable bonds is 4. The first-order chi connectivity index (χ1) is 15.0. The molecular formula is C24H23N3O3S. The van der Waals surface area contributed by atoms with Crippen LogP contribution in [0.4, 0.5) is 5.13 Å². The minimum Gasteiger partial charge on any atom is -0.445 e. The van der Waals surface area contributed by atoms with E-state index in [1.54, 1.807) is 19.1 Å². The molecule has 0 saturated heterocycles. The van der Waals surface area contributed by atoms with Gasteiger partial charge in [0.15, 0.2) is 10.7 Å². The number of amides is 1. The van der Waals surface area contributed by atoms with E-state index >= 15 is 0 Å². The lowest BCUT2D eigenvalue weighted by Gasteiger charge is -2.32. The van der Waals surface area contributed by atoms with E-state index in [2.05, 4.69) is 39.5 Å². The van der Waals surface area contributed by atoms with Crippen molar-refractivity contribution in [2.24, 2.45) is 0 Å². The molecule has 0 radical (unpaired) electrons. The monoisotopic (exact) mass is 433 g/mol. The maximum Gasteiger partial charge on any atom is 0.339 e. The van der Waals surface area contributed by atoms with E-state index in [-0.39, 0.29) is 5.91 Å². The van der Waals surface area contributed by atoms with Crippen molar-refractivity contribution in [3.63, 3.8) is 0 Å². The smallest absolute Gasteiger partial charge is 0.339 e. The Labute approximate surface area is 184 Å². The predicted octanol–water partition coefficient (Wildman–Crippen LogP) is 3.81. The topological polar surface area (TPSA) is 71.5 Å². The van der Waals surface area contributed by atoms with Crippen molar-refractivity contribution in [1.29, 1.82) is 0 Å². The number of fused-ring (bicyclic) bond motifs is 2. The van der Waals surface area contributed by atoms with Crippen LogP contribution in [-0.2, 0) is 35.5 Å². The molecule has 1 atom stereocenters. The number of thiazole rings is 1. The maximum absolute atomic E-state index is 13.0. The van der Waals surface area contributed by atoms with Crippen molar-refractivity contribution in [1.82, 2.24) is 9.88 Å². The Morgan fingerprint density at radius 1 is 1.19 bits per heavy atom. The van der Waals surface area contributed by atoms with Gasteiger partial charge in [0.05, 0.1) is 11.3 Å². The summed E-state index contributed by atoms with van der Waals surface area (Å²) >= 11 is 1.50. The van der Waals surface area contributed by atoms with Crippen LogP contribution >= 0.6 is 11.3 Å². The number of benzene rings is 2. The Bertz CT molecular complexity index is 1140. The van der Waals surface area contributed by atoms with Gasteiger partial charge < -0.3 is 4.74 Å². The number of hydrogen-bond acceptors (Lipinski definition) is 6. The summed E-state index contributed by atoms with van der Waals surface area (Å²) in [6, 6.07) is 17.7. The molecule has 1 amide bonds. The third-order valence-corrected chi connectivity index (χ3v) is 6.84. The van der Waals surface area contributed by atoms with Crippen LogP contribution in [0.5, 0.6) is 0 Å². The average molecular weight is 434 g/mol. The Balaban J connectivity index is 1.28. The third kappa shape index (κ3) is 3.98. The lowest BCUT2D eigenvalue weighted by atomic mass is 9.89. The van der Waals surface area contributed by atoms with Gasteiger partial charge in [-0.25, -0.2) is 9.78 Å². The highest BCUT2D eigenvalue weighted by Crippen LogP contribution is 2.32. The number of aromatic nitrogens is 1. The second kappa shape index (κ2) is 7.90. The number of carbonyl (C=O) groups excluding carboxylic acids is 2. The summed E-state index contributed by atoms with van der Waals surface area (Å²) in [6.07, 6.45) is 1.20. The molecule has 3 heterocycles. The van der Waals surface area contributed by atoms with Crippen LogP contribution in [0.25, 0.3) is 0 Å². The van der Waals surface area contributed by atoms with Gasteiger partial charge in [-0.05, 0) is 24.1 Å². The Hall–Kier alpha value is -3.03. The molecular weight excluding hydrogens is 410 g/mol. The summed E-state index contributed by atoms with van der Waals surface area (Å²) in [5.74, 6) is -0.808. The molecule has 31 heavy (non-hydrogen) atoms. The van der Waals surface area contributed by atoms with E-state index in [9.17, 15) is 9.59 Å². The van der Waals surface area contributed by atoms with E-state index in [0.717, 1.165) is 37.3 Å². The molecule has 0 fully saturated rings. The molecule has 6 nitrogen and oxygen atoms in total. The quantitative estimate of drug-likeness (QED) is 0.634. The largest absolute Gasteiger partial charge is 0.445 e. The summed E-state index contributed by atoms with van der Waals surface area (Å²) in [7, 11) is 0. The van der Waals surface area contributed by atoms with Gasteiger partial charge in [0, 0.05) is 37.4 Å². The van der Waals surface area contributed by atoms with Crippen LogP contribution in [0.3, 0.4) is 0 Å². The Kier molecular flexibility index (Phi) is 5.08. The first-order valence-electron chi connectivity index (χ1n) is 10.4. The van der Waals surface area contributed by atoms with Crippen molar-refractivity contribution in [2.75, 3.05) is 11.9 Å². The second-order valence-corrected chi connectivity index (χ2v) is 9.33. The number of hydrogen-bond donors (Lipinski definition) is 1. The minimum absolute atomic E-state index is 0.344. The maximum atomic E-state index is 13.0. The van der Waals surface area contributed by atoms with Gasteiger partial charge in [-0.15, -0.1) is 11.3 Å². The van der Waals surface area contributed by atoms with Crippen LogP contribution < -0.4 is 5.32 Å². The van der Waals surface area contributed by atoms with E-state index < -0.39 is 11.6 Å². The van der Waals surface area contributed by atoms with E-state index in [0.29, 0.717) is 17.1 Å². The van der Waals surface area contributed by atoms with E-state index in [4.69, 9.17) is 4.74 Å². The van der Waals surface area contributed by atoms with Crippen molar-refractivity contribution in [3.05, 3.63) is 81.9 Å². The summed E-state index contributed by atoms with van der Waals surface area (Å²) in [5, 5.41) is 3.46. The molecule has 0 saturated carbocycles. The van der Waals surface area contributed by atoms with Gasteiger partial charge in [-0.3, -0.25) is 15.0 Å². The second-order valence-electron chi connectivity index (χ2n) is 8.24. The number of nitrogens with one attached hydrogen (secondary N) is 1. The zero-order valence-corrected chi connectivity index (χ0v) is 18.1. The predicted molar refractivity (Wildman–Crippen MR) is 119 cm³/mol. The number of cyclic esters (lactones) is 1. The van der Waals surface area contributed by atoms with E-state index in [1.807, 2.05) is 18.2 Å². The Morgan fingerprint density at radius 3 is 2.81 bits per heavy atom. The standard InChI is InChI=1S/C24H23N3O3S/c1-24(13-17-9-5-6-10-18(17)21(28)30-24)22(29)26-23-25-19-11-12-27(15-20(19)31-23)14-16-7-3-2-4-8-16/h2-10H,11-15H2,1H3,(H,25,26,29). The van der Waals surface area contributed by atoms with Crippen LogP contribution in [0.1, 0.15) is 39.0 Å². The highest BCUT2D eigenvalue weighted by molar-refractivity contribution is 7.15. The number of nitrogens with zero attached hydrogens (tertiary/aromatic N) is 2. The molecule has 7 heteroatoms. The average Bonchev–Trinajstić information content (AvgIpc) is 3.16. The van der Waals surface area contributed by atoms with E-state index in [1.165, 1.54) is 21.8 Å². The van der Waals surface area contributed by atoms with Crippen LogP contribution in [0.15, 0.2) is 54.6 Å². The number of carbonyl (C=O) groups is 2. The number of esters is 1. The fraction of sp³-hybridized carbons (Fsp3) is 0.292. The highest BCUT2D eigenvalue weighted by atomic mass is 32.1. The summed E-state index contributed by atoms with van der Waals surface area (Å²) in [6.45, 7) is 4.31. The molecule has 0 aliphatic carbocycles. The zero-order chi connectivity index (χ0) is 21.4. The van der Waals surface area contributed by atoms with Gasteiger partial charge in [-0.2, -0.15) is 0 Å². The molecule has 1 N–H and O–H groups in total. The Morgan fingerprint density at radius 2 is 1.97 bits per heavy atom. The minimum atomic E-state index is -1.25. The molecule has 2 aromatic carbocycles. The van der Waals surface area contributed by atoms with Crippen LogP contribution in [0.2, 0.25) is 0 Å². The first-order valence-corrected chi connectivity index (χ1v) is 11.2. The van der Waals surface area contributed by atoms with Crippen molar-refractivity contribution >= 4 is 28.3 Å². The zero-order valence-electron chi connectivity index (χ0n) is 17.3. The highest BCUT2D eigenvalue weighted by Gasteiger charge is 2.43. The van der Waals surface area contributed by atoms with Gasteiger partial charge >= 0.3 is 5.97 Å². The molecule has 158 valence electrons.